The number of aromatic nitrogens is 3. The number of fused-ring (bicyclic) bond motifs is 1. The molecule has 3 aromatic rings. The van der Waals surface area contributed by atoms with E-state index in [1.54, 1.807) is 12.4 Å². The smallest absolute Gasteiger partial charge is 0.156 e. The summed E-state index contributed by atoms with van der Waals surface area (Å²) in [7, 11) is 0. The summed E-state index contributed by atoms with van der Waals surface area (Å²) in [6.45, 7) is 5.92. The monoisotopic (exact) mass is 406 g/mol. The summed E-state index contributed by atoms with van der Waals surface area (Å²) in [5, 5.41) is 0. The molecule has 0 unspecified atom stereocenters. The van der Waals surface area contributed by atoms with Crippen LogP contribution in [-0.4, -0.2) is 59.3 Å². The summed E-state index contributed by atoms with van der Waals surface area (Å²) in [5.74, 6) is 0.947. The van der Waals surface area contributed by atoms with Crippen molar-refractivity contribution < 1.29 is 9.47 Å². The maximum Gasteiger partial charge on any atom is 0.156 e. The highest BCUT2D eigenvalue weighted by Crippen LogP contribution is 2.41. The van der Waals surface area contributed by atoms with E-state index in [0.29, 0.717) is 0 Å². The topological polar surface area (TPSA) is 63.3 Å². The van der Waals surface area contributed by atoms with Gasteiger partial charge in [0.1, 0.15) is 11.3 Å². The van der Waals surface area contributed by atoms with Crippen LogP contribution in [0.4, 0.5) is 0 Å². The number of hydrogen-bond donors (Lipinski definition) is 1. The van der Waals surface area contributed by atoms with E-state index in [9.17, 15) is 0 Å². The van der Waals surface area contributed by atoms with Gasteiger partial charge in [-0.2, -0.15) is 0 Å². The highest BCUT2D eigenvalue weighted by atomic mass is 16.5. The van der Waals surface area contributed by atoms with Crippen molar-refractivity contribution in [2.45, 2.75) is 37.5 Å². The Hall–Kier alpha value is -2.44. The van der Waals surface area contributed by atoms with Crippen LogP contribution < -0.4 is 4.74 Å². The van der Waals surface area contributed by atoms with E-state index in [1.807, 2.05) is 0 Å². The molecule has 0 saturated carbocycles. The average Bonchev–Trinajstić information content (AvgIpc) is 3.48. The minimum Gasteiger partial charge on any atom is -0.494 e. The fourth-order valence-electron chi connectivity index (χ4n) is 4.90. The van der Waals surface area contributed by atoms with Gasteiger partial charge in [-0.05, 0) is 69.0 Å². The molecule has 2 aliphatic heterocycles. The predicted molar refractivity (Wildman–Crippen MR) is 117 cm³/mol. The first-order valence-electron chi connectivity index (χ1n) is 11.2. The molecule has 6 heteroatoms. The summed E-state index contributed by atoms with van der Waals surface area (Å²) < 4.78 is 11.7. The van der Waals surface area contributed by atoms with Crippen LogP contribution in [0.15, 0.2) is 42.7 Å². The van der Waals surface area contributed by atoms with E-state index in [2.05, 4.69) is 50.2 Å². The fraction of sp³-hybridized carbons (Fsp3) is 0.500. The van der Waals surface area contributed by atoms with Crippen molar-refractivity contribution in [2.75, 3.05) is 39.5 Å². The molecule has 4 heterocycles. The van der Waals surface area contributed by atoms with Gasteiger partial charge in [0, 0.05) is 43.3 Å². The lowest BCUT2D eigenvalue weighted by molar-refractivity contribution is 0.0620. The highest BCUT2D eigenvalue weighted by molar-refractivity contribution is 5.72. The highest BCUT2D eigenvalue weighted by Gasteiger charge is 2.38. The lowest BCUT2D eigenvalue weighted by atomic mass is 9.72. The molecule has 2 aromatic heterocycles. The Morgan fingerprint density at radius 1 is 1.03 bits per heavy atom. The Balaban J connectivity index is 1.31. The van der Waals surface area contributed by atoms with E-state index in [4.69, 9.17) is 9.47 Å². The van der Waals surface area contributed by atoms with E-state index in [1.165, 1.54) is 37.2 Å². The number of nitrogens with one attached hydrogen (secondary N) is 1. The van der Waals surface area contributed by atoms with Gasteiger partial charge in [-0.3, -0.25) is 4.98 Å². The third-order valence-electron chi connectivity index (χ3n) is 6.62. The second-order valence-corrected chi connectivity index (χ2v) is 8.44. The molecule has 2 fully saturated rings. The normalized spacial score (nSPS) is 19.3. The van der Waals surface area contributed by atoms with E-state index in [0.717, 1.165) is 62.5 Å². The largest absolute Gasteiger partial charge is 0.494 e. The molecule has 158 valence electrons. The van der Waals surface area contributed by atoms with Crippen molar-refractivity contribution >= 4 is 11.2 Å². The third-order valence-corrected chi connectivity index (χ3v) is 6.62. The average molecular weight is 407 g/mol. The quantitative estimate of drug-likeness (QED) is 0.603. The van der Waals surface area contributed by atoms with Crippen LogP contribution in [0.3, 0.4) is 0 Å². The van der Waals surface area contributed by atoms with Crippen molar-refractivity contribution in [1.29, 1.82) is 0 Å². The first-order valence-corrected chi connectivity index (χ1v) is 11.2. The number of rotatable bonds is 7. The van der Waals surface area contributed by atoms with Gasteiger partial charge in [-0.1, -0.05) is 12.1 Å². The van der Waals surface area contributed by atoms with Gasteiger partial charge in [0.15, 0.2) is 5.65 Å². The van der Waals surface area contributed by atoms with Gasteiger partial charge in [-0.15, -0.1) is 0 Å². The van der Waals surface area contributed by atoms with Crippen molar-refractivity contribution in [3.8, 4) is 5.75 Å². The Bertz CT molecular complexity index is 924. The Morgan fingerprint density at radius 2 is 1.80 bits per heavy atom. The van der Waals surface area contributed by atoms with E-state index < -0.39 is 0 Å². The molecule has 0 aliphatic carbocycles. The lowest BCUT2D eigenvalue weighted by Gasteiger charge is -2.37. The predicted octanol–water partition coefficient (Wildman–Crippen LogP) is 3.92. The molecule has 0 spiro atoms. The summed E-state index contributed by atoms with van der Waals surface area (Å²) in [4.78, 5) is 14.9. The van der Waals surface area contributed by atoms with Crippen LogP contribution >= 0.6 is 0 Å². The minimum absolute atomic E-state index is 0.102. The second-order valence-electron chi connectivity index (χ2n) is 8.44. The molecule has 1 aromatic carbocycles. The van der Waals surface area contributed by atoms with Crippen LogP contribution in [0.1, 0.15) is 43.4 Å². The lowest BCUT2D eigenvalue weighted by Crippen LogP contribution is -2.35. The molecular weight excluding hydrogens is 376 g/mol. The standard InChI is InChI=1S/C24H30N4O2/c1-2-13-28(12-1)14-3-15-30-20-6-4-19(5-7-20)24(8-16-29-17-9-24)22-18-21-23(27-22)26-11-10-25-21/h4-7,10-11,18H,1-3,8-9,12-17H2,(H,26,27). The maximum atomic E-state index is 6.02. The molecule has 5 rings (SSSR count). The summed E-state index contributed by atoms with van der Waals surface area (Å²) in [5.41, 5.74) is 4.12. The number of H-pyrrole nitrogens is 1. The van der Waals surface area contributed by atoms with Crippen molar-refractivity contribution in [2.24, 2.45) is 0 Å². The number of benzene rings is 1. The van der Waals surface area contributed by atoms with Gasteiger partial charge < -0.3 is 19.4 Å². The second kappa shape index (κ2) is 8.74. The molecule has 0 atom stereocenters. The van der Waals surface area contributed by atoms with Crippen LogP contribution in [0.5, 0.6) is 5.75 Å². The molecule has 0 amide bonds. The molecule has 0 radical (unpaired) electrons. The Morgan fingerprint density at radius 3 is 2.57 bits per heavy atom. The number of aromatic amines is 1. The summed E-state index contributed by atoms with van der Waals surface area (Å²) >= 11 is 0. The molecule has 30 heavy (non-hydrogen) atoms. The zero-order chi connectivity index (χ0) is 20.2. The van der Waals surface area contributed by atoms with Crippen LogP contribution in [-0.2, 0) is 10.2 Å². The SMILES string of the molecule is c1cnc2[nH]c(C3(c4ccc(OCCCN5CCCC5)cc4)CCOCC3)cc2n1. The molecule has 1 N–H and O–H groups in total. The Labute approximate surface area is 177 Å². The first-order chi connectivity index (χ1) is 14.8. The molecule has 6 nitrogen and oxygen atoms in total. The van der Waals surface area contributed by atoms with Gasteiger partial charge in [0.2, 0.25) is 0 Å². The minimum atomic E-state index is -0.102. The van der Waals surface area contributed by atoms with Crippen molar-refractivity contribution in [3.05, 3.63) is 54.0 Å². The van der Waals surface area contributed by atoms with Gasteiger partial charge >= 0.3 is 0 Å². The zero-order valence-corrected chi connectivity index (χ0v) is 17.5. The molecular formula is C24H30N4O2. The molecule has 2 aliphatic rings. The van der Waals surface area contributed by atoms with Gasteiger partial charge in [0.05, 0.1) is 6.61 Å². The van der Waals surface area contributed by atoms with Crippen LogP contribution in [0, 0.1) is 0 Å². The first kappa shape index (κ1) is 19.5. The number of hydrogen-bond acceptors (Lipinski definition) is 5. The maximum absolute atomic E-state index is 6.02. The number of nitrogens with zero attached hydrogens (tertiary/aromatic N) is 3. The summed E-state index contributed by atoms with van der Waals surface area (Å²) in [6.07, 6.45) is 9.13. The summed E-state index contributed by atoms with van der Waals surface area (Å²) in [6, 6.07) is 10.8. The fourth-order valence-corrected chi connectivity index (χ4v) is 4.90. The van der Waals surface area contributed by atoms with Crippen molar-refractivity contribution in [1.82, 2.24) is 19.9 Å². The van der Waals surface area contributed by atoms with E-state index >= 15 is 0 Å². The number of ether oxygens (including phenoxy) is 2. The van der Waals surface area contributed by atoms with Crippen LogP contribution in [0.25, 0.3) is 11.2 Å². The molecule has 2 saturated heterocycles. The zero-order valence-electron chi connectivity index (χ0n) is 17.5. The van der Waals surface area contributed by atoms with Gasteiger partial charge in [0.25, 0.3) is 0 Å². The van der Waals surface area contributed by atoms with Crippen molar-refractivity contribution in [3.63, 3.8) is 0 Å². The van der Waals surface area contributed by atoms with Crippen LogP contribution in [0.2, 0.25) is 0 Å². The number of likely N-dealkylation sites (tertiary alicyclic amines) is 1. The van der Waals surface area contributed by atoms with E-state index in [-0.39, 0.29) is 5.41 Å². The molecule has 0 bridgehead atoms. The Kier molecular flexibility index (Phi) is 5.69. The van der Waals surface area contributed by atoms with Gasteiger partial charge in [-0.25, -0.2) is 4.98 Å². The third kappa shape index (κ3) is 3.94.